The third-order valence-corrected chi connectivity index (χ3v) is 7.28. The van der Waals surface area contributed by atoms with Crippen molar-refractivity contribution in [3.8, 4) is 0 Å². The lowest BCUT2D eigenvalue weighted by molar-refractivity contribution is -0.126. The minimum Gasteiger partial charge on any atom is -0.369 e. The van der Waals surface area contributed by atoms with Gasteiger partial charge in [-0.25, -0.2) is 13.8 Å². The van der Waals surface area contributed by atoms with Gasteiger partial charge in [0.1, 0.15) is 18.0 Å². The first kappa shape index (κ1) is 25.1. The molecule has 4 aromatic rings. The summed E-state index contributed by atoms with van der Waals surface area (Å²) in [5.41, 5.74) is 2.51. The molecule has 1 aliphatic rings. The lowest BCUT2D eigenvalue weighted by Crippen LogP contribution is -2.38. The molecule has 0 bridgehead atoms. The second-order valence-electron chi connectivity index (χ2n) is 9.67. The number of hydrogen-bond donors (Lipinski definition) is 1. The number of amides is 1. The van der Waals surface area contributed by atoms with E-state index in [4.69, 9.17) is 9.72 Å². The molecule has 1 unspecified atom stereocenters. The lowest BCUT2D eigenvalue weighted by atomic mass is 9.83. The third-order valence-electron chi connectivity index (χ3n) is 7.28. The van der Waals surface area contributed by atoms with E-state index in [0.29, 0.717) is 23.4 Å². The van der Waals surface area contributed by atoms with Gasteiger partial charge in [-0.2, -0.15) is 0 Å². The molecule has 3 aromatic carbocycles. The van der Waals surface area contributed by atoms with E-state index in [-0.39, 0.29) is 11.8 Å². The molecule has 1 aliphatic carbocycles. The fourth-order valence-corrected chi connectivity index (χ4v) is 5.49. The maximum Gasteiger partial charge on any atom is 0.243 e. The predicted octanol–water partition coefficient (Wildman–Crippen LogP) is 6.49. The smallest absolute Gasteiger partial charge is 0.243 e. The molecule has 0 radical (unpaired) electrons. The van der Waals surface area contributed by atoms with E-state index in [1.165, 1.54) is 0 Å². The molecule has 7 heteroatoms. The van der Waals surface area contributed by atoms with Gasteiger partial charge in [-0.3, -0.25) is 4.79 Å². The molecule has 192 valence electrons. The molecule has 5 rings (SSSR count). The van der Waals surface area contributed by atoms with Crippen LogP contribution in [0.5, 0.6) is 0 Å². The molecule has 1 aromatic heterocycles. The SMILES string of the molecule is CO[C@@H](c1ccccc1)c1nc2cc(F)c(F)cc2n1C(C(=O)NCc1ccccc1)C1CCCCC1. The van der Waals surface area contributed by atoms with Gasteiger partial charge in [-0.05, 0) is 29.9 Å². The third kappa shape index (κ3) is 5.27. The van der Waals surface area contributed by atoms with Crippen LogP contribution in [0.25, 0.3) is 11.0 Å². The molecule has 2 atom stereocenters. The van der Waals surface area contributed by atoms with E-state index in [2.05, 4.69) is 5.32 Å². The van der Waals surface area contributed by atoms with Gasteiger partial charge in [0.2, 0.25) is 5.91 Å². The second kappa shape index (κ2) is 11.2. The number of rotatable bonds is 8. The summed E-state index contributed by atoms with van der Waals surface area (Å²) < 4.78 is 36.6. The van der Waals surface area contributed by atoms with Crippen molar-refractivity contribution in [1.82, 2.24) is 14.9 Å². The standard InChI is InChI=1S/C30H31F2N3O2/c1-37-28(22-15-9-4-10-16-22)29-34-25-17-23(31)24(32)18-26(25)35(29)27(21-13-7-3-8-14-21)30(36)33-19-20-11-5-2-6-12-20/h2,4-6,9-12,15-18,21,27-28H,3,7-8,13-14,19H2,1H3,(H,33,36)/t27?,28-/m0/s1. The quantitative estimate of drug-likeness (QED) is 0.299. The zero-order valence-electron chi connectivity index (χ0n) is 20.9. The number of fused-ring (bicyclic) bond motifs is 1. The van der Waals surface area contributed by atoms with Crippen molar-refractivity contribution in [3.63, 3.8) is 0 Å². The number of ether oxygens (including phenoxy) is 1. The van der Waals surface area contributed by atoms with Crippen LogP contribution in [0, 0.1) is 17.6 Å². The van der Waals surface area contributed by atoms with Gasteiger partial charge in [0.25, 0.3) is 0 Å². The number of nitrogens with zero attached hydrogens (tertiary/aromatic N) is 2. The van der Waals surface area contributed by atoms with Crippen LogP contribution in [-0.2, 0) is 16.1 Å². The predicted molar refractivity (Wildman–Crippen MR) is 139 cm³/mol. The summed E-state index contributed by atoms with van der Waals surface area (Å²) in [5, 5.41) is 3.10. The molecule has 1 heterocycles. The Labute approximate surface area is 215 Å². The Balaban J connectivity index is 1.65. The van der Waals surface area contributed by atoms with Crippen LogP contribution >= 0.6 is 0 Å². The number of nitrogens with one attached hydrogen (secondary N) is 1. The number of carbonyl (C=O) groups excluding carboxylic acids is 1. The van der Waals surface area contributed by atoms with Crippen LogP contribution in [0.15, 0.2) is 72.8 Å². The highest BCUT2D eigenvalue weighted by molar-refractivity contribution is 5.85. The van der Waals surface area contributed by atoms with E-state index < -0.39 is 23.8 Å². The first-order valence-corrected chi connectivity index (χ1v) is 12.8. The van der Waals surface area contributed by atoms with Gasteiger partial charge in [0, 0.05) is 25.8 Å². The highest BCUT2D eigenvalue weighted by Crippen LogP contribution is 2.39. The summed E-state index contributed by atoms with van der Waals surface area (Å²) in [7, 11) is 1.58. The van der Waals surface area contributed by atoms with Crippen molar-refractivity contribution in [2.24, 2.45) is 5.92 Å². The van der Waals surface area contributed by atoms with Crippen molar-refractivity contribution in [3.05, 3.63) is 101 Å². The van der Waals surface area contributed by atoms with Gasteiger partial charge in [-0.15, -0.1) is 0 Å². The number of imidazole rings is 1. The maximum atomic E-state index is 14.6. The summed E-state index contributed by atoms with van der Waals surface area (Å²) in [4.78, 5) is 18.7. The number of aromatic nitrogens is 2. The Morgan fingerprint density at radius 2 is 1.65 bits per heavy atom. The van der Waals surface area contributed by atoms with E-state index in [1.54, 1.807) is 11.7 Å². The fourth-order valence-electron chi connectivity index (χ4n) is 5.49. The van der Waals surface area contributed by atoms with Crippen molar-refractivity contribution in [1.29, 1.82) is 0 Å². The highest BCUT2D eigenvalue weighted by atomic mass is 19.2. The molecule has 5 nitrogen and oxygen atoms in total. The Kier molecular flexibility index (Phi) is 7.60. The van der Waals surface area contributed by atoms with E-state index in [9.17, 15) is 13.6 Å². The average Bonchev–Trinajstić information content (AvgIpc) is 3.27. The van der Waals surface area contributed by atoms with Gasteiger partial charge >= 0.3 is 0 Å². The lowest BCUT2D eigenvalue weighted by Gasteiger charge is -2.33. The number of benzene rings is 3. The summed E-state index contributed by atoms with van der Waals surface area (Å²) in [6, 6.07) is 20.9. The molecule has 0 aliphatic heterocycles. The van der Waals surface area contributed by atoms with Gasteiger partial charge in [0.15, 0.2) is 11.6 Å². The van der Waals surface area contributed by atoms with Crippen molar-refractivity contribution >= 4 is 16.9 Å². The Morgan fingerprint density at radius 3 is 2.32 bits per heavy atom. The summed E-state index contributed by atoms with van der Waals surface area (Å²) in [5.74, 6) is -1.62. The normalized spacial score (nSPS) is 16.0. The van der Waals surface area contributed by atoms with Gasteiger partial charge < -0.3 is 14.6 Å². The zero-order chi connectivity index (χ0) is 25.8. The molecule has 0 saturated heterocycles. The number of halogens is 2. The highest BCUT2D eigenvalue weighted by Gasteiger charge is 2.36. The topological polar surface area (TPSA) is 56.2 Å². The van der Waals surface area contributed by atoms with Crippen molar-refractivity contribution in [2.75, 3.05) is 7.11 Å². The van der Waals surface area contributed by atoms with Gasteiger partial charge in [0.05, 0.1) is 11.0 Å². The second-order valence-corrected chi connectivity index (χ2v) is 9.67. The molecule has 37 heavy (non-hydrogen) atoms. The van der Waals surface area contributed by atoms with Crippen LogP contribution in [0.3, 0.4) is 0 Å². The average molecular weight is 504 g/mol. The Morgan fingerprint density at radius 1 is 1.00 bits per heavy atom. The molecule has 1 fully saturated rings. The Bertz CT molecular complexity index is 1350. The number of hydrogen-bond acceptors (Lipinski definition) is 3. The van der Waals surface area contributed by atoms with Crippen LogP contribution < -0.4 is 5.32 Å². The van der Waals surface area contributed by atoms with Crippen LogP contribution in [0.4, 0.5) is 8.78 Å². The monoisotopic (exact) mass is 503 g/mol. The molecule has 1 saturated carbocycles. The maximum absolute atomic E-state index is 14.6. The Hall–Kier alpha value is -3.58. The van der Waals surface area contributed by atoms with Crippen LogP contribution in [0.1, 0.15) is 61.2 Å². The summed E-state index contributed by atoms with van der Waals surface area (Å²) in [6.45, 7) is 0.375. The molecule has 1 N–H and O–H groups in total. The minimum atomic E-state index is -0.972. The molecule has 0 spiro atoms. The number of methoxy groups -OCH3 is 1. The van der Waals surface area contributed by atoms with E-state index in [1.807, 2.05) is 60.7 Å². The first-order valence-electron chi connectivity index (χ1n) is 12.8. The molecule has 1 amide bonds. The number of carbonyl (C=O) groups is 1. The molecular formula is C30H31F2N3O2. The molecular weight excluding hydrogens is 472 g/mol. The largest absolute Gasteiger partial charge is 0.369 e. The zero-order valence-corrected chi connectivity index (χ0v) is 20.9. The summed E-state index contributed by atoms with van der Waals surface area (Å²) in [6.07, 6.45) is 4.28. The van der Waals surface area contributed by atoms with E-state index >= 15 is 0 Å². The van der Waals surface area contributed by atoms with Crippen molar-refractivity contribution < 1.29 is 18.3 Å². The summed E-state index contributed by atoms with van der Waals surface area (Å²) >= 11 is 0. The van der Waals surface area contributed by atoms with Crippen LogP contribution in [0.2, 0.25) is 0 Å². The van der Waals surface area contributed by atoms with Gasteiger partial charge in [-0.1, -0.05) is 79.9 Å². The fraction of sp³-hybridized carbons (Fsp3) is 0.333. The first-order chi connectivity index (χ1) is 18.1. The minimum absolute atomic E-state index is 0.0297. The van der Waals surface area contributed by atoms with Crippen LogP contribution in [-0.4, -0.2) is 22.6 Å². The van der Waals surface area contributed by atoms with Crippen molar-refractivity contribution in [2.45, 2.75) is 50.8 Å². The van der Waals surface area contributed by atoms with E-state index in [0.717, 1.165) is 55.4 Å².